The molecule has 1 rings (SSSR count). The van der Waals surface area contributed by atoms with E-state index in [9.17, 15) is 9.59 Å². The monoisotopic (exact) mass is 261 g/mol. The van der Waals surface area contributed by atoms with Crippen LogP contribution in [0.2, 0.25) is 0 Å². The molecular weight excluding hydrogens is 246 g/mol. The molecule has 100 valence electrons. The number of nitriles is 1. The molecule has 3 N–H and O–H groups in total. The highest BCUT2D eigenvalue weighted by atomic mass is 16.4. The topological polar surface area (TPSA) is 102 Å². The Labute approximate surface area is 111 Å². The predicted octanol–water partition coefficient (Wildman–Crippen LogP) is 1.85. The summed E-state index contributed by atoms with van der Waals surface area (Å²) in [7, 11) is 0. The number of carbonyl (C=O) groups is 2. The van der Waals surface area contributed by atoms with Gasteiger partial charge in [0.15, 0.2) is 0 Å². The van der Waals surface area contributed by atoms with E-state index in [0.717, 1.165) is 5.56 Å². The van der Waals surface area contributed by atoms with Crippen LogP contribution in [-0.4, -0.2) is 23.1 Å². The van der Waals surface area contributed by atoms with Gasteiger partial charge in [0.25, 0.3) is 0 Å². The molecule has 0 spiro atoms. The molecule has 1 aromatic carbocycles. The van der Waals surface area contributed by atoms with Crippen LogP contribution >= 0.6 is 0 Å². The quantitative estimate of drug-likeness (QED) is 0.769. The molecule has 0 aliphatic heterocycles. The molecule has 0 unspecified atom stereocenters. The smallest absolute Gasteiger partial charge is 0.326 e. The van der Waals surface area contributed by atoms with E-state index in [-0.39, 0.29) is 0 Å². The van der Waals surface area contributed by atoms with Crippen molar-refractivity contribution >= 4 is 17.7 Å². The zero-order valence-corrected chi connectivity index (χ0v) is 10.7. The first-order valence-corrected chi connectivity index (χ1v) is 5.79. The third kappa shape index (κ3) is 4.00. The van der Waals surface area contributed by atoms with Crippen molar-refractivity contribution in [2.45, 2.75) is 26.3 Å². The lowest BCUT2D eigenvalue weighted by molar-refractivity contribution is -0.139. The number of hydrogen-bond acceptors (Lipinski definition) is 3. The second-order valence-electron chi connectivity index (χ2n) is 4.04. The third-order valence-electron chi connectivity index (χ3n) is 2.63. The summed E-state index contributed by atoms with van der Waals surface area (Å²) in [4.78, 5) is 22.5. The molecule has 0 saturated carbocycles. The number of anilines is 1. The Bertz CT molecular complexity index is 534. The highest BCUT2D eigenvalue weighted by Crippen LogP contribution is 2.16. The van der Waals surface area contributed by atoms with Gasteiger partial charge in [0.05, 0.1) is 11.6 Å². The van der Waals surface area contributed by atoms with E-state index in [4.69, 9.17) is 10.4 Å². The highest BCUT2D eigenvalue weighted by molar-refractivity contribution is 5.93. The van der Waals surface area contributed by atoms with Crippen molar-refractivity contribution in [3.8, 4) is 6.07 Å². The van der Waals surface area contributed by atoms with Gasteiger partial charge in [-0.25, -0.2) is 9.59 Å². The molecule has 1 aromatic rings. The molecule has 0 heterocycles. The van der Waals surface area contributed by atoms with E-state index in [2.05, 4.69) is 10.6 Å². The first-order valence-electron chi connectivity index (χ1n) is 5.79. The van der Waals surface area contributed by atoms with E-state index in [0.29, 0.717) is 17.7 Å². The summed E-state index contributed by atoms with van der Waals surface area (Å²) in [6, 6.07) is 5.33. The first kappa shape index (κ1) is 14.5. The maximum atomic E-state index is 11.7. The maximum Gasteiger partial charge on any atom is 0.326 e. The third-order valence-corrected chi connectivity index (χ3v) is 2.63. The molecule has 0 fully saturated rings. The van der Waals surface area contributed by atoms with Gasteiger partial charge >= 0.3 is 12.0 Å². The Morgan fingerprint density at radius 3 is 2.68 bits per heavy atom. The number of hydrogen-bond donors (Lipinski definition) is 3. The van der Waals surface area contributed by atoms with Crippen molar-refractivity contribution in [3.05, 3.63) is 29.3 Å². The Hall–Kier alpha value is -2.55. The summed E-state index contributed by atoms with van der Waals surface area (Å²) >= 11 is 0. The second kappa shape index (κ2) is 6.40. The normalized spacial score (nSPS) is 11.2. The van der Waals surface area contributed by atoms with Crippen LogP contribution < -0.4 is 10.6 Å². The number of rotatable bonds is 4. The largest absolute Gasteiger partial charge is 0.480 e. The van der Waals surface area contributed by atoms with Gasteiger partial charge < -0.3 is 15.7 Å². The molecule has 0 aliphatic carbocycles. The summed E-state index contributed by atoms with van der Waals surface area (Å²) < 4.78 is 0. The summed E-state index contributed by atoms with van der Waals surface area (Å²) in [5.74, 6) is -1.08. The molecule has 2 amide bonds. The lowest BCUT2D eigenvalue weighted by atomic mass is 10.1. The Morgan fingerprint density at radius 2 is 2.16 bits per heavy atom. The fraction of sp³-hybridized carbons (Fsp3) is 0.308. The number of urea groups is 1. The molecule has 0 radical (unpaired) electrons. The fourth-order valence-electron chi connectivity index (χ4n) is 1.48. The van der Waals surface area contributed by atoms with E-state index in [1.54, 1.807) is 26.0 Å². The summed E-state index contributed by atoms with van der Waals surface area (Å²) in [5, 5.41) is 22.5. The van der Waals surface area contributed by atoms with Gasteiger partial charge in [-0.05, 0) is 31.0 Å². The first-order chi connectivity index (χ1) is 8.97. The van der Waals surface area contributed by atoms with Gasteiger partial charge in [0, 0.05) is 5.69 Å². The molecule has 0 bridgehead atoms. The summed E-state index contributed by atoms with van der Waals surface area (Å²) in [6.07, 6.45) is 0.292. The minimum absolute atomic E-state index is 0.292. The second-order valence-corrected chi connectivity index (χ2v) is 4.04. The van der Waals surface area contributed by atoms with Crippen LogP contribution in [0, 0.1) is 18.3 Å². The summed E-state index contributed by atoms with van der Waals surface area (Å²) in [5.41, 5.74) is 1.69. The van der Waals surface area contributed by atoms with Crippen LogP contribution in [0.15, 0.2) is 18.2 Å². The van der Waals surface area contributed by atoms with Crippen molar-refractivity contribution < 1.29 is 14.7 Å². The number of amides is 2. The van der Waals surface area contributed by atoms with Gasteiger partial charge in [-0.2, -0.15) is 5.26 Å². The lowest BCUT2D eigenvalue weighted by Gasteiger charge is -2.14. The SMILES string of the molecule is CC[C@@H](NC(=O)Nc1cc(C#N)ccc1C)C(=O)O. The molecule has 19 heavy (non-hydrogen) atoms. The Morgan fingerprint density at radius 1 is 1.47 bits per heavy atom. The number of aliphatic carboxylic acids is 1. The Balaban J connectivity index is 2.77. The number of nitrogens with zero attached hydrogens (tertiary/aromatic N) is 1. The highest BCUT2D eigenvalue weighted by Gasteiger charge is 2.17. The maximum absolute atomic E-state index is 11.7. The zero-order chi connectivity index (χ0) is 14.4. The van der Waals surface area contributed by atoms with E-state index >= 15 is 0 Å². The molecule has 6 heteroatoms. The van der Waals surface area contributed by atoms with Crippen LogP contribution in [0.25, 0.3) is 0 Å². The van der Waals surface area contributed by atoms with Crippen molar-refractivity contribution in [2.24, 2.45) is 0 Å². The number of carboxylic acid groups (broad SMARTS) is 1. The molecule has 0 aliphatic rings. The minimum Gasteiger partial charge on any atom is -0.480 e. The average Bonchev–Trinajstić information content (AvgIpc) is 2.38. The van der Waals surface area contributed by atoms with E-state index in [1.807, 2.05) is 6.07 Å². The molecule has 0 saturated heterocycles. The van der Waals surface area contributed by atoms with Crippen LogP contribution in [0.3, 0.4) is 0 Å². The molecule has 6 nitrogen and oxygen atoms in total. The Kier molecular flexibility index (Phi) is 4.89. The van der Waals surface area contributed by atoms with Crippen LogP contribution in [0.5, 0.6) is 0 Å². The summed E-state index contributed by atoms with van der Waals surface area (Å²) in [6.45, 7) is 3.45. The number of aryl methyl sites for hydroxylation is 1. The van der Waals surface area contributed by atoms with Crippen LogP contribution in [-0.2, 0) is 4.79 Å². The predicted molar refractivity (Wildman–Crippen MR) is 69.8 cm³/mol. The zero-order valence-electron chi connectivity index (χ0n) is 10.7. The van der Waals surface area contributed by atoms with Gasteiger partial charge in [0.2, 0.25) is 0 Å². The molecule has 1 atom stereocenters. The van der Waals surface area contributed by atoms with Crippen molar-refractivity contribution in [3.63, 3.8) is 0 Å². The van der Waals surface area contributed by atoms with Crippen LogP contribution in [0.4, 0.5) is 10.5 Å². The van der Waals surface area contributed by atoms with Crippen molar-refractivity contribution in [2.75, 3.05) is 5.32 Å². The number of nitrogens with one attached hydrogen (secondary N) is 2. The molecule has 0 aromatic heterocycles. The molecular formula is C13H15N3O3. The van der Waals surface area contributed by atoms with Gasteiger partial charge in [-0.3, -0.25) is 0 Å². The van der Waals surface area contributed by atoms with Gasteiger partial charge in [0.1, 0.15) is 6.04 Å². The number of carboxylic acids is 1. The van der Waals surface area contributed by atoms with E-state index < -0.39 is 18.0 Å². The van der Waals surface area contributed by atoms with Crippen molar-refractivity contribution in [1.82, 2.24) is 5.32 Å². The van der Waals surface area contributed by atoms with Crippen molar-refractivity contribution in [1.29, 1.82) is 5.26 Å². The van der Waals surface area contributed by atoms with E-state index in [1.165, 1.54) is 6.07 Å². The fourth-order valence-corrected chi connectivity index (χ4v) is 1.48. The van der Waals surface area contributed by atoms with Gasteiger partial charge in [-0.15, -0.1) is 0 Å². The standard InChI is InChI=1S/C13H15N3O3/c1-3-10(12(17)18)15-13(19)16-11-6-9(7-14)5-4-8(11)2/h4-6,10H,3H2,1-2H3,(H,17,18)(H2,15,16,19)/t10-/m1/s1. The average molecular weight is 261 g/mol. The number of carbonyl (C=O) groups excluding carboxylic acids is 1. The minimum atomic E-state index is -1.08. The lowest BCUT2D eigenvalue weighted by Crippen LogP contribution is -2.42. The van der Waals surface area contributed by atoms with Crippen LogP contribution in [0.1, 0.15) is 24.5 Å². The number of benzene rings is 1. The van der Waals surface area contributed by atoms with Gasteiger partial charge in [-0.1, -0.05) is 13.0 Å².